The lowest BCUT2D eigenvalue weighted by atomic mass is 9.82. The molecule has 9 heteroatoms. The van der Waals surface area contributed by atoms with Gasteiger partial charge in [-0.05, 0) is 49.9 Å². The van der Waals surface area contributed by atoms with Gasteiger partial charge in [-0.25, -0.2) is 0 Å². The summed E-state index contributed by atoms with van der Waals surface area (Å²) in [7, 11) is 0. The molecule has 1 heterocycles. The summed E-state index contributed by atoms with van der Waals surface area (Å²) in [6, 6.07) is 4.41. The Morgan fingerprint density at radius 3 is 2.80 bits per heavy atom. The molecule has 1 fully saturated rings. The zero-order valence-electron chi connectivity index (χ0n) is 16.2. The van der Waals surface area contributed by atoms with Crippen LogP contribution >= 0.6 is 15.9 Å². The van der Waals surface area contributed by atoms with Crippen LogP contribution in [0.15, 0.2) is 40.9 Å². The van der Waals surface area contributed by atoms with Crippen molar-refractivity contribution in [3.63, 3.8) is 0 Å². The second-order valence-corrected chi connectivity index (χ2v) is 8.78. The maximum atomic E-state index is 13.1. The van der Waals surface area contributed by atoms with E-state index in [1.807, 2.05) is 11.0 Å². The first-order valence-electron chi connectivity index (χ1n) is 9.42. The van der Waals surface area contributed by atoms with Gasteiger partial charge in [0.05, 0.1) is 17.2 Å². The molecule has 1 aromatic rings. The first-order valence-corrected chi connectivity index (χ1v) is 10.2. The quantitative estimate of drug-likeness (QED) is 0.677. The third-order valence-electron chi connectivity index (χ3n) is 5.40. The number of nitrogens with zero attached hydrogens (tertiary/aromatic N) is 2. The summed E-state index contributed by atoms with van der Waals surface area (Å²) >= 11 is 3.47. The van der Waals surface area contributed by atoms with Crippen LogP contribution in [0.25, 0.3) is 0 Å². The Morgan fingerprint density at radius 2 is 2.13 bits per heavy atom. The molecule has 0 bridgehead atoms. The van der Waals surface area contributed by atoms with Crippen LogP contribution in [0.5, 0.6) is 0 Å². The predicted octanol–water partition coefficient (Wildman–Crippen LogP) is 4.05. The van der Waals surface area contributed by atoms with Crippen LogP contribution in [0.2, 0.25) is 0 Å². The van der Waals surface area contributed by atoms with E-state index < -0.39 is 28.8 Å². The number of aliphatic hydroxyl groups is 1. The molecule has 1 aliphatic heterocycles. The molecule has 3 atom stereocenters. The minimum atomic E-state index is -4.73. The third kappa shape index (κ3) is 5.12. The number of hydrogen-bond donors (Lipinski definition) is 2. The molecule has 1 amide bonds. The van der Waals surface area contributed by atoms with Crippen LogP contribution in [0.1, 0.15) is 24.5 Å². The largest absolute Gasteiger partial charge is 0.417 e. The number of carbonyl (C=O) groups excluding carboxylic acids is 1. The summed E-state index contributed by atoms with van der Waals surface area (Å²) in [5, 5.41) is 21.9. The van der Waals surface area contributed by atoms with Crippen molar-refractivity contribution in [3.05, 3.63) is 52.0 Å². The van der Waals surface area contributed by atoms with Gasteiger partial charge in [0.15, 0.2) is 5.60 Å². The van der Waals surface area contributed by atoms with Gasteiger partial charge in [0.1, 0.15) is 0 Å². The van der Waals surface area contributed by atoms with E-state index in [1.165, 1.54) is 19.1 Å². The highest BCUT2D eigenvalue weighted by Gasteiger charge is 2.37. The number of allylic oxidation sites excluding steroid dienone is 3. The molecule has 0 radical (unpaired) electrons. The number of β-amino-alcohol motifs (C(OH)–C–C–N with tert-alkyl or cyclic N) is 1. The van der Waals surface area contributed by atoms with Crippen LogP contribution in [0.4, 0.5) is 18.9 Å². The minimum absolute atomic E-state index is 0.0587. The van der Waals surface area contributed by atoms with Crippen molar-refractivity contribution in [3.8, 4) is 6.07 Å². The third-order valence-corrected chi connectivity index (χ3v) is 5.93. The first-order chi connectivity index (χ1) is 14.0. The van der Waals surface area contributed by atoms with Crippen LogP contribution in [-0.2, 0) is 11.0 Å². The standard InChI is InChI=1S/C21H21BrF3N3O2/c1-20(30,12-28-7-6-13-8-16(22)4-2-15(13)11-28)19(29)27-17-5-3-14(10-26)18(9-17)21(23,24)25/h2-5,8-9,13,15,30H,6-7,11-12H2,1H3,(H,27,29)/t13?,15?,20-/m0/s1. The molecule has 2 N–H and O–H groups in total. The topological polar surface area (TPSA) is 76.4 Å². The van der Waals surface area contributed by atoms with Crippen molar-refractivity contribution in [2.24, 2.45) is 11.8 Å². The summed E-state index contributed by atoms with van der Waals surface area (Å²) in [6.07, 6.45) is 2.40. The number of anilines is 1. The number of hydrogen-bond acceptors (Lipinski definition) is 4. The van der Waals surface area contributed by atoms with E-state index in [0.29, 0.717) is 25.1 Å². The molecule has 160 valence electrons. The van der Waals surface area contributed by atoms with Crippen molar-refractivity contribution >= 4 is 27.5 Å². The molecule has 1 aliphatic carbocycles. The van der Waals surface area contributed by atoms with E-state index in [1.54, 1.807) is 0 Å². The average molecular weight is 484 g/mol. The zero-order chi connectivity index (χ0) is 22.1. The molecular formula is C21H21BrF3N3O2. The van der Waals surface area contributed by atoms with E-state index in [-0.39, 0.29) is 18.2 Å². The maximum absolute atomic E-state index is 13.1. The number of rotatable bonds is 4. The van der Waals surface area contributed by atoms with E-state index in [0.717, 1.165) is 17.0 Å². The Morgan fingerprint density at radius 1 is 1.40 bits per heavy atom. The molecule has 30 heavy (non-hydrogen) atoms. The summed E-state index contributed by atoms with van der Waals surface area (Å²) < 4.78 is 40.4. The number of nitrogens with one attached hydrogen (secondary N) is 1. The van der Waals surface area contributed by atoms with Gasteiger partial charge in [0.2, 0.25) is 0 Å². The number of fused-ring (bicyclic) bond motifs is 1. The number of benzene rings is 1. The van der Waals surface area contributed by atoms with Gasteiger partial charge in [0, 0.05) is 23.3 Å². The molecule has 0 spiro atoms. The predicted molar refractivity (Wildman–Crippen MR) is 110 cm³/mol. The van der Waals surface area contributed by atoms with Gasteiger partial charge in [0.25, 0.3) is 5.91 Å². The Bertz CT molecular complexity index is 934. The van der Waals surface area contributed by atoms with E-state index in [9.17, 15) is 23.1 Å². The van der Waals surface area contributed by atoms with Gasteiger partial charge < -0.3 is 10.4 Å². The van der Waals surface area contributed by atoms with E-state index in [4.69, 9.17) is 5.26 Å². The number of halogens is 4. The zero-order valence-corrected chi connectivity index (χ0v) is 17.8. The summed E-state index contributed by atoms with van der Waals surface area (Å²) in [5.41, 5.74) is -3.59. The van der Waals surface area contributed by atoms with Gasteiger partial charge in [-0.15, -0.1) is 0 Å². The number of nitriles is 1. The van der Waals surface area contributed by atoms with Crippen molar-refractivity contribution in [2.45, 2.75) is 25.1 Å². The number of carbonyl (C=O) groups is 1. The van der Waals surface area contributed by atoms with Crippen molar-refractivity contribution < 1.29 is 23.1 Å². The Balaban J connectivity index is 1.67. The first kappa shape index (κ1) is 22.5. The lowest BCUT2D eigenvalue weighted by Gasteiger charge is -2.40. The molecule has 1 aromatic carbocycles. The number of amides is 1. The number of piperidine rings is 1. The maximum Gasteiger partial charge on any atom is 0.417 e. The Labute approximate surface area is 181 Å². The number of alkyl halides is 3. The molecule has 1 saturated heterocycles. The van der Waals surface area contributed by atoms with E-state index >= 15 is 0 Å². The molecule has 0 saturated carbocycles. The second kappa shape index (κ2) is 8.53. The second-order valence-electron chi connectivity index (χ2n) is 7.86. The van der Waals surface area contributed by atoms with Crippen LogP contribution < -0.4 is 5.32 Å². The average Bonchev–Trinajstić information content (AvgIpc) is 2.67. The van der Waals surface area contributed by atoms with Gasteiger partial charge in [-0.1, -0.05) is 34.2 Å². The normalized spacial score (nSPS) is 23.7. The van der Waals surface area contributed by atoms with Gasteiger partial charge in [-0.3, -0.25) is 9.69 Å². The Hall–Kier alpha value is -2.15. The molecule has 0 aromatic heterocycles. The summed E-state index contributed by atoms with van der Waals surface area (Å²) in [5.74, 6) is -0.116. The fourth-order valence-electron chi connectivity index (χ4n) is 3.83. The van der Waals surface area contributed by atoms with E-state index in [2.05, 4.69) is 33.4 Å². The lowest BCUT2D eigenvalue weighted by molar-refractivity contribution is -0.138. The van der Waals surface area contributed by atoms with Crippen LogP contribution in [0.3, 0.4) is 0 Å². The fraction of sp³-hybridized carbons (Fsp3) is 0.429. The highest BCUT2D eigenvalue weighted by Crippen LogP contribution is 2.34. The monoisotopic (exact) mass is 483 g/mol. The van der Waals surface area contributed by atoms with Crippen LogP contribution in [0, 0.1) is 23.2 Å². The van der Waals surface area contributed by atoms with Crippen molar-refractivity contribution in [2.75, 3.05) is 25.0 Å². The lowest BCUT2D eigenvalue weighted by Crippen LogP contribution is -2.52. The van der Waals surface area contributed by atoms with Gasteiger partial charge in [-0.2, -0.15) is 18.4 Å². The van der Waals surface area contributed by atoms with Crippen LogP contribution in [-0.4, -0.2) is 41.1 Å². The molecular weight excluding hydrogens is 463 g/mol. The highest BCUT2D eigenvalue weighted by atomic mass is 79.9. The number of likely N-dealkylation sites (tertiary alicyclic amines) is 1. The molecule has 5 nitrogen and oxygen atoms in total. The fourth-order valence-corrected chi connectivity index (χ4v) is 4.32. The molecule has 2 aliphatic rings. The minimum Gasteiger partial charge on any atom is -0.379 e. The Kier molecular flexibility index (Phi) is 6.41. The van der Waals surface area contributed by atoms with Crippen molar-refractivity contribution in [1.29, 1.82) is 5.26 Å². The highest BCUT2D eigenvalue weighted by molar-refractivity contribution is 9.11. The van der Waals surface area contributed by atoms with Gasteiger partial charge >= 0.3 is 6.18 Å². The summed E-state index contributed by atoms with van der Waals surface area (Å²) in [4.78, 5) is 14.6. The molecule has 2 unspecified atom stereocenters. The SMILES string of the molecule is C[C@](O)(CN1CCC2C=C(Br)C=CC2C1)C(=O)Nc1ccc(C#N)c(C(F)(F)F)c1. The summed E-state index contributed by atoms with van der Waals surface area (Å²) in [6.45, 7) is 2.78. The van der Waals surface area contributed by atoms with Crippen molar-refractivity contribution in [1.82, 2.24) is 4.90 Å². The smallest absolute Gasteiger partial charge is 0.379 e. The molecule has 3 rings (SSSR count).